The second-order valence-corrected chi connectivity index (χ2v) is 6.04. The molecule has 0 bridgehead atoms. The number of pyridine rings is 1. The minimum absolute atomic E-state index is 0.487. The Morgan fingerprint density at radius 3 is 2.83 bits per heavy atom. The van der Waals surface area contributed by atoms with Crippen molar-refractivity contribution in [3.05, 3.63) is 54.4 Å². The highest BCUT2D eigenvalue weighted by Crippen LogP contribution is 2.22. The monoisotopic (exact) mass is 307 g/mol. The van der Waals surface area contributed by atoms with Gasteiger partial charge in [-0.05, 0) is 49.7 Å². The van der Waals surface area contributed by atoms with Crippen molar-refractivity contribution >= 4 is 17.0 Å². The molecule has 1 saturated heterocycles. The van der Waals surface area contributed by atoms with Gasteiger partial charge in [-0.3, -0.25) is 4.98 Å². The second-order valence-electron chi connectivity index (χ2n) is 6.04. The van der Waals surface area contributed by atoms with Gasteiger partial charge < -0.3 is 15.2 Å². The van der Waals surface area contributed by atoms with E-state index in [1.165, 1.54) is 5.56 Å². The number of nitrogens with zero attached hydrogens (tertiary/aromatic N) is 3. The molecule has 1 fully saturated rings. The first-order valence-electron chi connectivity index (χ1n) is 8.21. The summed E-state index contributed by atoms with van der Waals surface area (Å²) in [6, 6.07) is 12.9. The molecule has 0 unspecified atom stereocenters. The molecule has 2 N–H and O–H groups in total. The molecule has 3 aromatic rings. The molecule has 23 heavy (non-hydrogen) atoms. The number of benzene rings is 1. The standard InChI is InChI=1S/C18H21N5/c1-2-6-17-16(5-1)22-18(21-15-7-10-19-11-8-15)23(17)13-14-4-3-9-20-12-14/h1-6,9,12,15,19H,7-8,10-11,13H2,(H,21,22). The Hall–Kier alpha value is -2.40. The Morgan fingerprint density at radius 2 is 2.00 bits per heavy atom. The number of piperidine rings is 1. The molecule has 0 amide bonds. The summed E-state index contributed by atoms with van der Waals surface area (Å²) in [7, 11) is 0. The number of rotatable bonds is 4. The van der Waals surface area contributed by atoms with Gasteiger partial charge in [0, 0.05) is 18.4 Å². The van der Waals surface area contributed by atoms with Crippen LogP contribution in [0.15, 0.2) is 48.8 Å². The topological polar surface area (TPSA) is 54.8 Å². The van der Waals surface area contributed by atoms with E-state index in [9.17, 15) is 0 Å². The van der Waals surface area contributed by atoms with Gasteiger partial charge in [0.05, 0.1) is 17.6 Å². The van der Waals surface area contributed by atoms with Gasteiger partial charge in [0.15, 0.2) is 0 Å². The van der Waals surface area contributed by atoms with Gasteiger partial charge in [-0.1, -0.05) is 18.2 Å². The maximum Gasteiger partial charge on any atom is 0.204 e. The molecule has 4 rings (SSSR count). The van der Waals surface area contributed by atoms with Crippen molar-refractivity contribution in [2.75, 3.05) is 18.4 Å². The molecule has 0 spiro atoms. The largest absolute Gasteiger partial charge is 0.353 e. The van der Waals surface area contributed by atoms with Crippen molar-refractivity contribution in [2.45, 2.75) is 25.4 Å². The number of hydrogen-bond acceptors (Lipinski definition) is 4. The highest BCUT2D eigenvalue weighted by atomic mass is 15.2. The Morgan fingerprint density at radius 1 is 1.13 bits per heavy atom. The third-order valence-corrected chi connectivity index (χ3v) is 4.39. The average Bonchev–Trinajstić information content (AvgIpc) is 2.94. The molecule has 5 heteroatoms. The number of nitrogens with one attached hydrogen (secondary N) is 2. The fraction of sp³-hybridized carbons (Fsp3) is 0.333. The van der Waals surface area contributed by atoms with Crippen molar-refractivity contribution in [1.29, 1.82) is 0 Å². The number of aromatic nitrogens is 3. The van der Waals surface area contributed by atoms with Crippen LogP contribution in [-0.4, -0.2) is 33.7 Å². The van der Waals surface area contributed by atoms with Gasteiger partial charge in [-0.2, -0.15) is 0 Å². The second kappa shape index (κ2) is 6.38. The van der Waals surface area contributed by atoms with E-state index >= 15 is 0 Å². The summed E-state index contributed by atoms with van der Waals surface area (Å²) in [6.07, 6.45) is 6.00. The molecule has 118 valence electrons. The van der Waals surface area contributed by atoms with E-state index in [4.69, 9.17) is 4.98 Å². The van der Waals surface area contributed by atoms with Crippen molar-refractivity contribution in [3.63, 3.8) is 0 Å². The Kier molecular flexibility index (Phi) is 3.94. The summed E-state index contributed by atoms with van der Waals surface area (Å²) < 4.78 is 2.26. The summed E-state index contributed by atoms with van der Waals surface area (Å²) in [5, 5.41) is 7.06. The number of anilines is 1. The summed E-state index contributed by atoms with van der Waals surface area (Å²) in [4.78, 5) is 9.04. The van der Waals surface area contributed by atoms with E-state index in [0.717, 1.165) is 49.5 Å². The maximum absolute atomic E-state index is 4.81. The molecule has 0 saturated carbocycles. The zero-order valence-corrected chi connectivity index (χ0v) is 13.1. The zero-order valence-electron chi connectivity index (χ0n) is 13.1. The van der Waals surface area contributed by atoms with E-state index in [2.05, 4.69) is 44.5 Å². The lowest BCUT2D eigenvalue weighted by molar-refractivity contribution is 0.476. The van der Waals surface area contributed by atoms with Crippen LogP contribution in [-0.2, 0) is 6.54 Å². The predicted octanol–water partition coefficient (Wildman–Crippen LogP) is 2.64. The first-order chi connectivity index (χ1) is 11.4. The molecular formula is C18H21N5. The van der Waals surface area contributed by atoms with Gasteiger partial charge in [-0.15, -0.1) is 0 Å². The Labute approximate surface area is 135 Å². The van der Waals surface area contributed by atoms with E-state index in [1.54, 1.807) is 0 Å². The Balaban J connectivity index is 1.69. The summed E-state index contributed by atoms with van der Waals surface area (Å²) >= 11 is 0. The number of hydrogen-bond donors (Lipinski definition) is 2. The first-order valence-corrected chi connectivity index (χ1v) is 8.21. The molecule has 1 aromatic carbocycles. The zero-order chi connectivity index (χ0) is 15.5. The van der Waals surface area contributed by atoms with Crippen LogP contribution in [0.4, 0.5) is 5.95 Å². The SMILES string of the molecule is c1cncc(Cn2c(NC3CCNCC3)nc3ccccc32)c1. The van der Waals surface area contributed by atoms with Crippen LogP contribution in [0.2, 0.25) is 0 Å². The van der Waals surface area contributed by atoms with Crippen molar-refractivity contribution in [2.24, 2.45) is 0 Å². The number of fused-ring (bicyclic) bond motifs is 1. The van der Waals surface area contributed by atoms with Crippen LogP contribution in [0.3, 0.4) is 0 Å². The fourth-order valence-electron chi connectivity index (χ4n) is 3.17. The number of imidazole rings is 1. The summed E-state index contributed by atoms with van der Waals surface area (Å²) in [5.74, 6) is 0.960. The summed E-state index contributed by atoms with van der Waals surface area (Å²) in [6.45, 7) is 2.92. The van der Waals surface area contributed by atoms with Crippen LogP contribution >= 0.6 is 0 Å². The fourth-order valence-corrected chi connectivity index (χ4v) is 3.17. The molecular weight excluding hydrogens is 286 g/mol. The van der Waals surface area contributed by atoms with Gasteiger partial charge >= 0.3 is 0 Å². The molecule has 1 aliphatic rings. The lowest BCUT2D eigenvalue weighted by Gasteiger charge is -2.24. The van der Waals surface area contributed by atoms with Gasteiger partial charge in [0.2, 0.25) is 5.95 Å². The highest BCUT2D eigenvalue weighted by molar-refractivity contribution is 5.78. The normalized spacial score (nSPS) is 15.8. The molecule has 1 aliphatic heterocycles. The van der Waals surface area contributed by atoms with Crippen LogP contribution in [0, 0.1) is 0 Å². The minimum Gasteiger partial charge on any atom is -0.353 e. The lowest BCUT2D eigenvalue weighted by Crippen LogP contribution is -2.36. The maximum atomic E-state index is 4.81. The minimum atomic E-state index is 0.487. The molecule has 0 aliphatic carbocycles. The molecule has 2 aromatic heterocycles. The number of para-hydroxylation sites is 2. The van der Waals surface area contributed by atoms with Crippen LogP contribution < -0.4 is 10.6 Å². The van der Waals surface area contributed by atoms with E-state index < -0.39 is 0 Å². The average molecular weight is 307 g/mol. The quantitative estimate of drug-likeness (QED) is 0.778. The van der Waals surface area contributed by atoms with E-state index in [-0.39, 0.29) is 0 Å². The van der Waals surface area contributed by atoms with Crippen molar-refractivity contribution in [3.8, 4) is 0 Å². The van der Waals surface area contributed by atoms with Gasteiger partial charge in [0.1, 0.15) is 0 Å². The molecule has 3 heterocycles. The van der Waals surface area contributed by atoms with Crippen molar-refractivity contribution in [1.82, 2.24) is 19.9 Å². The highest BCUT2D eigenvalue weighted by Gasteiger charge is 2.17. The van der Waals surface area contributed by atoms with E-state index in [1.807, 2.05) is 24.5 Å². The molecule has 5 nitrogen and oxygen atoms in total. The van der Waals surface area contributed by atoms with Gasteiger partial charge in [0.25, 0.3) is 0 Å². The lowest BCUT2D eigenvalue weighted by atomic mass is 10.1. The van der Waals surface area contributed by atoms with Crippen LogP contribution in [0.5, 0.6) is 0 Å². The molecule has 0 radical (unpaired) electrons. The first kappa shape index (κ1) is 14.2. The summed E-state index contributed by atoms with van der Waals surface area (Å²) in [5.41, 5.74) is 3.38. The van der Waals surface area contributed by atoms with Crippen molar-refractivity contribution < 1.29 is 0 Å². The third-order valence-electron chi connectivity index (χ3n) is 4.39. The predicted molar refractivity (Wildman–Crippen MR) is 92.6 cm³/mol. The van der Waals surface area contributed by atoms with E-state index in [0.29, 0.717) is 6.04 Å². The smallest absolute Gasteiger partial charge is 0.204 e. The van der Waals surface area contributed by atoms with Crippen LogP contribution in [0.25, 0.3) is 11.0 Å². The van der Waals surface area contributed by atoms with Crippen LogP contribution in [0.1, 0.15) is 18.4 Å². The van der Waals surface area contributed by atoms with Gasteiger partial charge in [-0.25, -0.2) is 4.98 Å². The third kappa shape index (κ3) is 3.05. The molecule has 0 atom stereocenters. The Bertz CT molecular complexity index is 774.